The minimum absolute atomic E-state index is 0.0292. The molecule has 3 N–H and O–H groups in total. The van der Waals surface area contributed by atoms with Crippen LogP contribution in [0.15, 0.2) is 64.1 Å². The number of amides is 1. The van der Waals surface area contributed by atoms with Crippen LogP contribution in [-0.2, 0) is 19.7 Å². The highest BCUT2D eigenvalue weighted by molar-refractivity contribution is 7.87. The van der Waals surface area contributed by atoms with Crippen molar-refractivity contribution >= 4 is 33.4 Å². The second-order valence-corrected chi connectivity index (χ2v) is 10.2. The van der Waals surface area contributed by atoms with Gasteiger partial charge in [0, 0.05) is 38.2 Å². The second-order valence-electron chi connectivity index (χ2n) is 8.58. The first-order chi connectivity index (χ1) is 17.8. The molecule has 0 saturated heterocycles. The lowest BCUT2D eigenvalue weighted by molar-refractivity contribution is -0.116. The van der Waals surface area contributed by atoms with Crippen molar-refractivity contribution in [2.24, 2.45) is 15.2 Å². The maximum atomic E-state index is 13.0. The van der Waals surface area contributed by atoms with Crippen molar-refractivity contribution in [3.05, 3.63) is 65.7 Å². The first-order valence-corrected chi connectivity index (χ1v) is 13.8. The number of nitrogens with zero attached hydrogens (tertiary/aromatic N) is 4. The van der Waals surface area contributed by atoms with Gasteiger partial charge < -0.3 is 15.8 Å². The number of methoxy groups -OCH3 is 1. The van der Waals surface area contributed by atoms with E-state index >= 15 is 0 Å². The van der Waals surface area contributed by atoms with Crippen LogP contribution < -0.4 is 11.1 Å². The Hall–Kier alpha value is -3.12. The molecule has 0 saturated carbocycles. The number of benzene rings is 2. The molecule has 0 fully saturated rings. The van der Waals surface area contributed by atoms with Crippen LogP contribution in [0.5, 0.6) is 0 Å². The van der Waals surface area contributed by atoms with Gasteiger partial charge in [0.1, 0.15) is 0 Å². The van der Waals surface area contributed by atoms with Crippen LogP contribution in [0.1, 0.15) is 43.7 Å². The van der Waals surface area contributed by atoms with Gasteiger partial charge in [-0.2, -0.15) is 17.8 Å². The van der Waals surface area contributed by atoms with Gasteiger partial charge in [-0.25, -0.2) is 5.01 Å². The highest BCUT2D eigenvalue weighted by Crippen LogP contribution is 2.29. The quantitative estimate of drug-likeness (QED) is 0.322. The Morgan fingerprint density at radius 2 is 1.89 bits per heavy atom. The minimum atomic E-state index is -3.97. The smallest absolute Gasteiger partial charge is 0.324 e. The molecule has 0 spiro atoms. The van der Waals surface area contributed by atoms with Crippen LogP contribution in [0, 0.1) is 0 Å². The number of amidine groups is 1. The number of rotatable bonds is 12. The first-order valence-electron chi connectivity index (χ1n) is 12.4. The molecule has 1 unspecified atom stereocenters. The van der Waals surface area contributed by atoms with Crippen molar-refractivity contribution in [2.45, 2.75) is 32.6 Å². The SMILES string of the molecule is CCCC(=O)Nc1ccc(C2=NN(/C(CN)=N/S(=O)(=O)N(CC)CCOC)CC2c2ccccc2)cc1. The highest BCUT2D eigenvalue weighted by Gasteiger charge is 2.32. The van der Waals surface area contributed by atoms with Gasteiger partial charge in [-0.15, -0.1) is 4.40 Å². The monoisotopic (exact) mass is 528 g/mol. The highest BCUT2D eigenvalue weighted by atomic mass is 32.2. The molecule has 10 nitrogen and oxygen atoms in total. The van der Waals surface area contributed by atoms with E-state index in [0.29, 0.717) is 18.7 Å². The van der Waals surface area contributed by atoms with E-state index in [4.69, 9.17) is 15.6 Å². The van der Waals surface area contributed by atoms with Crippen molar-refractivity contribution in [2.75, 3.05) is 45.2 Å². The number of carbonyl (C=O) groups is 1. The van der Waals surface area contributed by atoms with E-state index in [1.807, 2.05) is 61.5 Å². The number of nitrogens with one attached hydrogen (secondary N) is 1. The minimum Gasteiger partial charge on any atom is -0.383 e. The fourth-order valence-electron chi connectivity index (χ4n) is 4.06. The number of anilines is 1. The van der Waals surface area contributed by atoms with Gasteiger partial charge in [-0.05, 0) is 29.7 Å². The summed E-state index contributed by atoms with van der Waals surface area (Å²) in [6.07, 6.45) is 1.24. The van der Waals surface area contributed by atoms with E-state index in [1.54, 1.807) is 11.9 Å². The number of hydrogen-bond donors (Lipinski definition) is 2. The summed E-state index contributed by atoms with van der Waals surface area (Å²) in [5, 5.41) is 9.25. The van der Waals surface area contributed by atoms with Crippen LogP contribution in [0.2, 0.25) is 0 Å². The number of likely N-dealkylation sites (N-methyl/N-ethyl adjacent to an activating group) is 1. The van der Waals surface area contributed by atoms with Crippen LogP contribution in [0.3, 0.4) is 0 Å². The molecule has 0 aliphatic carbocycles. The summed E-state index contributed by atoms with van der Waals surface area (Å²) in [5.41, 5.74) is 9.35. The summed E-state index contributed by atoms with van der Waals surface area (Å²) in [6, 6.07) is 17.4. The third-order valence-corrected chi connectivity index (χ3v) is 7.52. The molecular weight excluding hydrogens is 492 g/mol. The van der Waals surface area contributed by atoms with Crippen LogP contribution in [0.25, 0.3) is 0 Å². The Balaban J connectivity index is 1.94. The molecular formula is C26H36N6O4S. The Morgan fingerprint density at radius 1 is 1.19 bits per heavy atom. The third-order valence-electron chi connectivity index (χ3n) is 5.98. The molecule has 1 atom stereocenters. The number of hydrogen-bond acceptors (Lipinski definition) is 6. The lowest BCUT2D eigenvalue weighted by Crippen LogP contribution is -2.37. The van der Waals surface area contributed by atoms with E-state index in [0.717, 1.165) is 23.3 Å². The summed E-state index contributed by atoms with van der Waals surface area (Å²) in [4.78, 5) is 12.0. The summed E-state index contributed by atoms with van der Waals surface area (Å²) in [6.45, 7) is 4.72. The second kappa shape index (κ2) is 13.4. The average molecular weight is 529 g/mol. The molecule has 3 rings (SSSR count). The van der Waals surface area contributed by atoms with Crippen molar-refractivity contribution in [1.82, 2.24) is 9.31 Å². The van der Waals surface area contributed by atoms with Gasteiger partial charge in [0.15, 0.2) is 5.84 Å². The summed E-state index contributed by atoms with van der Waals surface area (Å²) >= 11 is 0. The van der Waals surface area contributed by atoms with Gasteiger partial charge in [0.05, 0.1) is 25.4 Å². The molecule has 200 valence electrons. The zero-order valence-corrected chi connectivity index (χ0v) is 22.4. The predicted molar refractivity (Wildman–Crippen MR) is 147 cm³/mol. The summed E-state index contributed by atoms with van der Waals surface area (Å²) in [5.74, 6) is 0.00521. The van der Waals surface area contributed by atoms with E-state index in [9.17, 15) is 13.2 Å². The Bertz CT molecular complexity index is 1200. The molecule has 0 aromatic heterocycles. The molecule has 37 heavy (non-hydrogen) atoms. The van der Waals surface area contributed by atoms with Gasteiger partial charge in [0.25, 0.3) is 0 Å². The molecule has 1 aliphatic rings. The van der Waals surface area contributed by atoms with Crippen LogP contribution in [-0.4, -0.2) is 75.1 Å². The standard InChI is InChI=1S/C26H36N6O4S/c1-4-9-25(33)28-22-14-12-21(13-15-22)26-23(20-10-7-6-8-11-20)19-32(29-26)24(18-27)30-37(34,35)31(5-2)16-17-36-3/h6-8,10-15,23H,4-5,9,16-19,27H2,1-3H3,(H,28,33)/b30-24+. The molecule has 1 amide bonds. The van der Waals surface area contributed by atoms with Gasteiger partial charge in [0.2, 0.25) is 5.91 Å². The normalized spacial score (nSPS) is 16.2. The van der Waals surface area contributed by atoms with E-state index in [-0.39, 0.29) is 43.9 Å². The molecule has 2 aromatic rings. The molecule has 0 radical (unpaired) electrons. The predicted octanol–water partition coefficient (Wildman–Crippen LogP) is 2.80. The number of ether oxygens (including phenoxy) is 1. The fourth-order valence-corrected chi connectivity index (χ4v) is 5.24. The number of hydrazone groups is 1. The average Bonchev–Trinajstić information content (AvgIpc) is 3.34. The third kappa shape index (κ3) is 7.45. The Labute approximate surface area is 219 Å². The lowest BCUT2D eigenvalue weighted by atomic mass is 9.90. The first kappa shape index (κ1) is 28.5. The van der Waals surface area contributed by atoms with Crippen LogP contribution in [0.4, 0.5) is 5.69 Å². The fraction of sp³-hybridized carbons (Fsp3) is 0.423. The van der Waals surface area contributed by atoms with E-state index < -0.39 is 10.2 Å². The van der Waals surface area contributed by atoms with Crippen LogP contribution >= 0.6 is 0 Å². The van der Waals surface area contributed by atoms with E-state index in [2.05, 4.69) is 9.71 Å². The Morgan fingerprint density at radius 3 is 2.49 bits per heavy atom. The zero-order chi connectivity index (χ0) is 26.8. The largest absolute Gasteiger partial charge is 0.383 e. The van der Waals surface area contributed by atoms with Crippen molar-refractivity contribution in [3.63, 3.8) is 0 Å². The molecule has 1 aliphatic heterocycles. The number of carbonyl (C=O) groups excluding carboxylic acids is 1. The van der Waals surface area contributed by atoms with Crippen molar-refractivity contribution in [1.29, 1.82) is 0 Å². The maximum Gasteiger partial charge on any atom is 0.324 e. The van der Waals surface area contributed by atoms with Gasteiger partial charge in [-0.1, -0.05) is 56.3 Å². The van der Waals surface area contributed by atoms with Gasteiger partial charge in [-0.3, -0.25) is 4.79 Å². The molecule has 2 aromatic carbocycles. The summed E-state index contributed by atoms with van der Waals surface area (Å²) in [7, 11) is -2.45. The van der Waals surface area contributed by atoms with Gasteiger partial charge >= 0.3 is 10.2 Å². The number of nitrogens with two attached hydrogens (primary N) is 1. The summed E-state index contributed by atoms with van der Waals surface area (Å²) < 4.78 is 36.3. The van der Waals surface area contributed by atoms with Crippen molar-refractivity contribution in [3.8, 4) is 0 Å². The Kier molecular flexibility index (Phi) is 10.3. The van der Waals surface area contributed by atoms with E-state index in [1.165, 1.54) is 11.4 Å². The van der Waals surface area contributed by atoms with Crippen molar-refractivity contribution < 1.29 is 17.9 Å². The molecule has 11 heteroatoms. The molecule has 1 heterocycles. The maximum absolute atomic E-state index is 13.0. The lowest BCUT2D eigenvalue weighted by Gasteiger charge is -2.20. The topological polar surface area (TPSA) is 130 Å². The zero-order valence-electron chi connectivity index (χ0n) is 21.6. The molecule has 0 bridgehead atoms.